The maximum Gasteiger partial charge on any atom is 0.507 e. The van der Waals surface area contributed by atoms with Gasteiger partial charge in [0.2, 0.25) is 6.16 Å². The van der Waals surface area contributed by atoms with Crippen molar-refractivity contribution in [3.63, 3.8) is 0 Å². The molecule has 0 radical (unpaired) electrons. The molecule has 0 aliphatic heterocycles. The van der Waals surface area contributed by atoms with Gasteiger partial charge in [0.25, 0.3) is 0 Å². The molecule has 0 saturated heterocycles. The largest absolute Gasteiger partial charge is 0.507 e. The second kappa shape index (κ2) is 8.12. The van der Waals surface area contributed by atoms with Gasteiger partial charge in [0.1, 0.15) is 0 Å². The van der Waals surface area contributed by atoms with Crippen LogP contribution in [0.15, 0.2) is 0 Å². The number of ether oxygens (including phenoxy) is 1. The highest BCUT2D eigenvalue weighted by molar-refractivity contribution is 7.38. The number of unbranched alkanes of at least 4 members (excludes halogenated alkanes) is 2. The zero-order chi connectivity index (χ0) is 8.53. The Morgan fingerprint density at radius 3 is 2.64 bits per heavy atom. The number of hydrogen-bond acceptors (Lipinski definition) is 2. The summed E-state index contributed by atoms with van der Waals surface area (Å²) in [5, 5.41) is 0. The summed E-state index contributed by atoms with van der Waals surface area (Å²) in [4.78, 5) is 8.38. The molecule has 0 aromatic carbocycles. The molecule has 0 spiro atoms. The first kappa shape index (κ1) is 11.0. The average Bonchev–Trinajstić information content (AvgIpc) is 1.96. The average molecular weight is 179 g/mol. The van der Waals surface area contributed by atoms with Gasteiger partial charge >= 0.3 is 8.03 Å². The van der Waals surface area contributed by atoms with E-state index in [2.05, 4.69) is 6.92 Å². The Labute approximate surface area is 68.6 Å². The first-order chi connectivity index (χ1) is 5.27. The third kappa shape index (κ3) is 10.0. The van der Waals surface area contributed by atoms with Crippen molar-refractivity contribution in [1.29, 1.82) is 0 Å². The van der Waals surface area contributed by atoms with E-state index in [1.54, 1.807) is 0 Å². The molecule has 4 heteroatoms. The lowest BCUT2D eigenvalue weighted by Gasteiger charge is -1.97. The molecule has 0 aliphatic carbocycles. The minimum Gasteiger partial charge on any atom is -0.377 e. The Morgan fingerprint density at radius 1 is 1.36 bits per heavy atom. The van der Waals surface area contributed by atoms with Crippen molar-refractivity contribution in [1.82, 2.24) is 0 Å². The topological polar surface area (TPSA) is 46.5 Å². The van der Waals surface area contributed by atoms with E-state index in [9.17, 15) is 4.57 Å². The third-order valence-electron chi connectivity index (χ3n) is 1.32. The fourth-order valence-electron chi connectivity index (χ4n) is 0.699. The SMILES string of the molecule is CCCCCOCC[P+](=O)O. The van der Waals surface area contributed by atoms with Crippen LogP contribution < -0.4 is 0 Å². The lowest BCUT2D eigenvalue weighted by molar-refractivity contribution is 0.144. The number of hydrogen-bond donors (Lipinski definition) is 1. The van der Waals surface area contributed by atoms with Crippen molar-refractivity contribution >= 4 is 8.03 Å². The van der Waals surface area contributed by atoms with Crippen LogP contribution >= 0.6 is 8.03 Å². The predicted molar refractivity (Wildman–Crippen MR) is 45.0 cm³/mol. The van der Waals surface area contributed by atoms with Gasteiger partial charge in [-0.05, 0) is 11.0 Å². The standard InChI is InChI=1S/C7H15O3P/c1-2-3-4-5-10-6-7-11(8)9/h2-7H2,1H3/p+1. The van der Waals surface area contributed by atoms with E-state index in [4.69, 9.17) is 9.63 Å². The molecule has 0 aromatic rings. The molecular weight excluding hydrogens is 163 g/mol. The summed E-state index contributed by atoms with van der Waals surface area (Å²) in [5.41, 5.74) is 0. The van der Waals surface area contributed by atoms with Crippen LogP contribution in [-0.4, -0.2) is 24.3 Å². The monoisotopic (exact) mass is 179 g/mol. The van der Waals surface area contributed by atoms with Crippen LogP contribution in [0.25, 0.3) is 0 Å². The molecule has 0 fully saturated rings. The normalized spacial score (nSPS) is 11.6. The quantitative estimate of drug-likeness (QED) is 0.479. The van der Waals surface area contributed by atoms with Crippen molar-refractivity contribution in [2.24, 2.45) is 0 Å². The van der Waals surface area contributed by atoms with Crippen molar-refractivity contribution < 1.29 is 14.2 Å². The maximum atomic E-state index is 10.2. The van der Waals surface area contributed by atoms with Crippen molar-refractivity contribution in [2.75, 3.05) is 19.4 Å². The van der Waals surface area contributed by atoms with E-state index in [0.29, 0.717) is 6.61 Å². The van der Waals surface area contributed by atoms with Gasteiger partial charge in [-0.15, -0.1) is 0 Å². The summed E-state index contributed by atoms with van der Waals surface area (Å²) in [6.45, 7) is 3.26. The molecule has 0 heterocycles. The Morgan fingerprint density at radius 2 is 2.09 bits per heavy atom. The Hall–Kier alpha value is 0.0200. The minimum absolute atomic E-state index is 0.265. The summed E-state index contributed by atoms with van der Waals surface area (Å²) in [5.74, 6) is 0. The molecule has 0 saturated carbocycles. The molecule has 0 amide bonds. The summed E-state index contributed by atoms with van der Waals surface area (Å²) in [6, 6.07) is 0. The van der Waals surface area contributed by atoms with E-state index in [-0.39, 0.29) is 6.16 Å². The first-order valence-electron chi connectivity index (χ1n) is 3.98. The van der Waals surface area contributed by atoms with Gasteiger partial charge in [-0.25, -0.2) is 0 Å². The van der Waals surface area contributed by atoms with Gasteiger partial charge in [0.05, 0.1) is 6.61 Å². The molecule has 66 valence electrons. The van der Waals surface area contributed by atoms with Crippen LogP contribution in [0, 0.1) is 0 Å². The van der Waals surface area contributed by atoms with E-state index in [1.807, 2.05) is 0 Å². The smallest absolute Gasteiger partial charge is 0.377 e. The van der Waals surface area contributed by atoms with E-state index in [0.717, 1.165) is 13.0 Å². The van der Waals surface area contributed by atoms with Crippen LogP contribution in [0.3, 0.4) is 0 Å². The van der Waals surface area contributed by atoms with Crippen LogP contribution in [0.1, 0.15) is 26.2 Å². The van der Waals surface area contributed by atoms with Crippen molar-refractivity contribution in [3.05, 3.63) is 0 Å². The van der Waals surface area contributed by atoms with Gasteiger partial charge in [-0.1, -0.05) is 19.8 Å². The fraction of sp³-hybridized carbons (Fsp3) is 1.00. The lowest BCUT2D eigenvalue weighted by atomic mass is 10.3. The van der Waals surface area contributed by atoms with E-state index in [1.165, 1.54) is 12.8 Å². The Balaban J connectivity index is 2.85. The Kier molecular flexibility index (Phi) is 8.13. The van der Waals surface area contributed by atoms with Crippen LogP contribution in [-0.2, 0) is 9.30 Å². The molecule has 0 bridgehead atoms. The molecule has 0 rings (SSSR count). The van der Waals surface area contributed by atoms with Gasteiger partial charge in [0, 0.05) is 6.61 Å². The highest BCUT2D eigenvalue weighted by Crippen LogP contribution is 2.10. The van der Waals surface area contributed by atoms with Crippen molar-refractivity contribution in [2.45, 2.75) is 26.2 Å². The molecule has 1 atom stereocenters. The fourth-order valence-corrected chi connectivity index (χ4v) is 0.984. The van der Waals surface area contributed by atoms with Crippen LogP contribution in [0.5, 0.6) is 0 Å². The Bertz CT molecular complexity index is 106. The van der Waals surface area contributed by atoms with E-state index < -0.39 is 8.03 Å². The summed E-state index contributed by atoms with van der Waals surface area (Å²) >= 11 is 0. The zero-order valence-corrected chi connectivity index (χ0v) is 7.85. The minimum atomic E-state index is -2.00. The molecule has 3 nitrogen and oxygen atoms in total. The van der Waals surface area contributed by atoms with E-state index >= 15 is 0 Å². The van der Waals surface area contributed by atoms with Crippen molar-refractivity contribution in [3.8, 4) is 0 Å². The van der Waals surface area contributed by atoms with Crippen LogP contribution in [0.4, 0.5) is 0 Å². The molecule has 0 aliphatic rings. The highest BCUT2D eigenvalue weighted by atomic mass is 31.1. The highest BCUT2D eigenvalue weighted by Gasteiger charge is 2.07. The van der Waals surface area contributed by atoms with Gasteiger partial charge in [-0.3, -0.25) is 0 Å². The zero-order valence-electron chi connectivity index (χ0n) is 6.95. The molecule has 1 unspecified atom stereocenters. The maximum absolute atomic E-state index is 10.2. The summed E-state index contributed by atoms with van der Waals surface area (Å²) in [6.07, 6.45) is 3.67. The van der Waals surface area contributed by atoms with Gasteiger partial charge in [-0.2, -0.15) is 4.89 Å². The molecule has 11 heavy (non-hydrogen) atoms. The molecule has 0 aromatic heterocycles. The van der Waals surface area contributed by atoms with Gasteiger partial charge in [0.15, 0.2) is 0 Å². The second-order valence-corrected chi connectivity index (χ2v) is 3.55. The summed E-state index contributed by atoms with van der Waals surface area (Å²) in [7, 11) is -2.00. The molecular formula is C7H16O3P+. The first-order valence-corrected chi connectivity index (χ1v) is 5.38. The second-order valence-electron chi connectivity index (χ2n) is 2.40. The number of rotatable bonds is 7. The summed E-state index contributed by atoms with van der Waals surface area (Å²) < 4.78 is 15.3. The van der Waals surface area contributed by atoms with Gasteiger partial charge < -0.3 is 4.74 Å². The lowest BCUT2D eigenvalue weighted by Crippen LogP contribution is -1.98. The third-order valence-corrected chi connectivity index (χ3v) is 1.88. The molecule has 1 N–H and O–H groups in total. The van der Waals surface area contributed by atoms with Crippen LogP contribution in [0.2, 0.25) is 0 Å². The predicted octanol–water partition coefficient (Wildman–Crippen LogP) is 1.93.